The molecule has 13 aromatic rings. The molecule has 32 heteroatoms. The Kier molecular flexibility index (Phi) is 27.8. The normalized spacial score (nSPS) is 16.7. The quantitative estimate of drug-likeness (QED) is 0.0504. The highest BCUT2D eigenvalue weighted by Crippen LogP contribution is 2.38. The fourth-order valence-electron chi connectivity index (χ4n) is 13.6. The number of halogens is 3. The number of benzene rings is 4. The molecule has 9 aromatic heterocycles. The van der Waals surface area contributed by atoms with Crippen LogP contribution >= 0.6 is 27.5 Å². The number of hydrogen-bond donors (Lipinski definition) is 2. The molecule has 0 unspecified atom stereocenters. The number of fused-ring (bicyclic) bond motifs is 2. The number of ether oxygens (including phenoxy) is 2. The molecule has 5 aliphatic rings. The molecule has 4 aromatic carbocycles. The van der Waals surface area contributed by atoms with E-state index in [-0.39, 0.29) is 49.0 Å². The number of aromatic amines is 1. The summed E-state index contributed by atoms with van der Waals surface area (Å²) in [6.07, 6.45) is 27.8. The molecule has 5 fully saturated rings. The molecule has 5 aliphatic heterocycles. The van der Waals surface area contributed by atoms with Gasteiger partial charge in [-0.1, -0.05) is 72.8 Å². The Morgan fingerprint density at radius 2 is 0.939 bits per heavy atom. The second kappa shape index (κ2) is 38.4. The first kappa shape index (κ1) is 83.2. The molecule has 0 bridgehead atoms. The lowest BCUT2D eigenvalue weighted by atomic mass is 9.82. The third-order valence-electron chi connectivity index (χ3n) is 21.5. The Morgan fingerprint density at radius 3 is 1.41 bits per heavy atom. The second-order valence-electron chi connectivity index (χ2n) is 31.0. The summed E-state index contributed by atoms with van der Waals surface area (Å²) in [6, 6.07) is 42.6. The first-order valence-corrected chi connectivity index (χ1v) is 40.5. The highest BCUT2D eigenvalue weighted by atomic mass is 79.9. The summed E-state index contributed by atoms with van der Waals surface area (Å²) in [5.74, 6) is 6.00. The van der Waals surface area contributed by atoms with Gasteiger partial charge < -0.3 is 55.2 Å². The van der Waals surface area contributed by atoms with Crippen molar-refractivity contribution in [3.05, 3.63) is 223 Å². The second-order valence-corrected chi connectivity index (χ2v) is 32.2. The molecule has 115 heavy (non-hydrogen) atoms. The zero-order valence-corrected chi connectivity index (χ0v) is 69.5. The van der Waals surface area contributed by atoms with E-state index in [0.717, 1.165) is 98.2 Å². The van der Waals surface area contributed by atoms with E-state index in [0.29, 0.717) is 53.4 Å². The maximum absolute atomic E-state index is 6.06. The van der Waals surface area contributed by atoms with Crippen molar-refractivity contribution in [1.82, 2.24) is 99.1 Å². The van der Waals surface area contributed by atoms with E-state index >= 15 is 0 Å². The average molecular weight is 1660 g/mol. The lowest BCUT2D eigenvalue weighted by Crippen LogP contribution is -3.10. The highest BCUT2D eigenvalue weighted by Gasteiger charge is 2.53. The molecular formula is C83H98B2BrCl2N21O6. The minimum Gasteiger partial charge on any atom is -1.00 e. The van der Waals surface area contributed by atoms with Crippen molar-refractivity contribution in [2.24, 2.45) is 0 Å². The van der Waals surface area contributed by atoms with Gasteiger partial charge in [0.25, 0.3) is 0 Å². The number of alkyl halides is 1. The molecule has 0 radical (unpaired) electrons. The van der Waals surface area contributed by atoms with Crippen molar-refractivity contribution in [2.45, 2.75) is 142 Å². The Bertz CT molecular complexity index is 5170. The van der Waals surface area contributed by atoms with E-state index in [1.54, 1.807) is 50.9 Å². The van der Waals surface area contributed by atoms with E-state index in [4.69, 9.17) is 39.7 Å². The topological polar surface area (TPSA) is 268 Å². The van der Waals surface area contributed by atoms with Crippen LogP contribution in [0.25, 0.3) is 45.2 Å². The molecule has 2 N–H and O–H groups in total. The molecular weight excluding hydrogens is 1560 g/mol. The van der Waals surface area contributed by atoms with E-state index in [1.807, 2.05) is 165 Å². The van der Waals surface area contributed by atoms with Crippen LogP contribution in [0.3, 0.4) is 0 Å². The number of aromatic nitrogens is 18. The maximum atomic E-state index is 6.06. The van der Waals surface area contributed by atoms with Gasteiger partial charge in [-0.3, -0.25) is 14.5 Å². The number of nitrogens with zero attached hydrogens (tertiary/aromatic N) is 19. The smallest absolute Gasteiger partial charge is 0.498 e. The van der Waals surface area contributed by atoms with Crippen molar-refractivity contribution in [2.75, 3.05) is 64.8 Å². The zero-order chi connectivity index (χ0) is 79.1. The van der Waals surface area contributed by atoms with Gasteiger partial charge in [0.2, 0.25) is 11.8 Å². The van der Waals surface area contributed by atoms with Crippen LogP contribution in [0.15, 0.2) is 200 Å². The molecule has 0 amide bonds. The van der Waals surface area contributed by atoms with Crippen LogP contribution in [0.4, 0.5) is 0 Å². The number of para-hydroxylation sites is 2. The van der Waals surface area contributed by atoms with Crippen molar-refractivity contribution < 1.29 is 45.4 Å². The van der Waals surface area contributed by atoms with Crippen molar-refractivity contribution in [1.29, 1.82) is 0 Å². The number of likely N-dealkylation sites (tertiary alicyclic amines) is 3. The van der Waals surface area contributed by atoms with Crippen molar-refractivity contribution in [3.63, 3.8) is 0 Å². The van der Waals surface area contributed by atoms with Gasteiger partial charge in [-0.2, -0.15) is 24.3 Å². The van der Waals surface area contributed by atoms with Gasteiger partial charge in [0.1, 0.15) is 11.5 Å². The summed E-state index contributed by atoms with van der Waals surface area (Å²) in [7, 11) is -0.616. The summed E-state index contributed by atoms with van der Waals surface area (Å²) < 4.78 is 43.8. The molecule has 0 saturated carbocycles. The Balaban J connectivity index is 0.000000136. The Labute approximate surface area is 691 Å². The molecule has 598 valence electrons. The summed E-state index contributed by atoms with van der Waals surface area (Å²) in [4.78, 5) is 24.7. The minimum atomic E-state index is -0.310. The number of H-pyrrole nitrogens is 1. The van der Waals surface area contributed by atoms with Gasteiger partial charge in [0.05, 0.1) is 71.7 Å². The Morgan fingerprint density at radius 1 is 0.478 bits per heavy atom. The zero-order valence-electron chi connectivity index (χ0n) is 66.4. The van der Waals surface area contributed by atoms with E-state index in [1.165, 1.54) is 84.3 Å². The highest BCUT2D eigenvalue weighted by molar-refractivity contribution is 9.10. The van der Waals surface area contributed by atoms with Crippen molar-refractivity contribution >= 4 is 64.0 Å². The third kappa shape index (κ3) is 21.9. The SMILES string of the molecule is Brc1cnc(-c2cccc(Cc3nnc4ccc(Oc5ccccc5)nn34)c2)nc1.CC1(C)OB(c2cn[nH]c2)OC1(C)C.CC1(C)OB(c2cnn(CCN3CCCC3)c2)OC1(C)C.ClCC[NH+]1CCCC1.[Cl-].c1ccc(Oc2ccc3nnc(Cc4cccc(-c5ncc(-c6cnn(CCN7CCCC7)c6)cn5)c4)n3n2)cc1. The lowest BCUT2D eigenvalue weighted by molar-refractivity contribution is -0.884. The molecule has 0 atom stereocenters. The largest absolute Gasteiger partial charge is 1.00 e. The van der Waals surface area contributed by atoms with Crippen LogP contribution in [0.2, 0.25) is 0 Å². The van der Waals surface area contributed by atoms with Gasteiger partial charge in [-0.25, -0.2) is 19.9 Å². The molecule has 14 heterocycles. The molecule has 5 saturated heterocycles. The minimum absolute atomic E-state index is 0. The standard InChI is InChI=1S/C31H29N9O.C22H15BrN6O.C15H26BN3O2.C9H15BN2O2.C6H12ClN.ClH/c1-2-9-27(10-3-1)41-30-12-11-28-35-36-29(40(28)37-30)18-23-7-6-8-24(17-23)31-32-19-25(20-33-31)26-21-34-39(22-26)16-15-38-13-4-5-14-38;23-17-13-24-22(25-14-17)16-6-4-5-15(11-16)12-20-27-26-19-9-10-21(28-29(19)20)30-18-7-2-1-3-8-18;1-14(2)15(3,4)21-16(20-14)13-11-17-19(12-13)10-9-18-7-5-6-8-18;1-8(2)9(3,4)14-10(13-8)7-5-11-12-6-7;7-3-6-8-4-1-2-5-8;/h1-3,6-12,17,19-22H,4-5,13-16,18H2;1-11,13-14H,12H2;11-12H,5-10H2,1-4H3;5-6H,1-4H3,(H,11,12);1-6H2;1H. The average Bonchev–Trinajstić information content (AvgIpc) is 1.63. The maximum Gasteiger partial charge on any atom is 0.498 e. The van der Waals surface area contributed by atoms with Gasteiger partial charge in [-0.15, -0.1) is 42.2 Å². The number of rotatable bonds is 21. The summed E-state index contributed by atoms with van der Waals surface area (Å²) in [5.41, 5.74) is 8.07. The van der Waals surface area contributed by atoms with Crippen LogP contribution < -0.4 is 37.7 Å². The van der Waals surface area contributed by atoms with Gasteiger partial charge in [0.15, 0.2) is 34.6 Å². The van der Waals surface area contributed by atoms with Crippen LogP contribution in [-0.2, 0) is 44.5 Å². The van der Waals surface area contributed by atoms with Crippen LogP contribution in [0.5, 0.6) is 23.3 Å². The number of nitrogens with one attached hydrogen (secondary N) is 2. The van der Waals surface area contributed by atoms with Gasteiger partial charge in [-0.05, 0) is 183 Å². The molecule has 27 nitrogen and oxygen atoms in total. The van der Waals surface area contributed by atoms with Crippen LogP contribution in [0, 0.1) is 0 Å². The third-order valence-corrected chi connectivity index (χ3v) is 22.1. The predicted molar refractivity (Wildman–Crippen MR) is 443 cm³/mol. The fourth-order valence-corrected chi connectivity index (χ4v) is 14.1. The summed E-state index contributed by atoms with van der Waals surface area (Å²) >= 11 is 8.92. The summed E-state index contributed by atoms with van der Waals surface area (Å²) in [6.45, 7) is 29.1. The monoisotopic (exact) mass is 1660 g/mol. The van der Waals surface area contributed by atoms with Gasteiger partial charge in [0, 0.05) is 140 Å². The molecule has 18 rings (SSSR count). The van der Waals surface area contributed by atoms with Crippen LogP contribution in [-0.4, -0.2) is 201 Å². The predicted octanol–water partition coefficient (Wildman–Crippen LogP) is 8.55. The first-order chi connectivity index (χ1) is 55.2. The van der Waals surface area contributed by atoms with E-state index in [2.05, 4.69) is 155 Å². The lowest BCUT2D eigenvalue weighted by Gasteiger charge is -2.32. The molecule has 0 aliphatic carbocycles. The number of hydrogen-bond acceptors (Lipinski definition) is 21. The first-order valence-electron chi connectivity index (χ1n) is 39.2. The number of quaternary nitrogens is 1. The Hall–Kier alpha value is -9.72. The molecule has 0 spiro atoms. The van der Waals surface area contributed by atoms with E-state index < -0.39 is 0 Å². The van der Waals surface area contributed by atoms with E-state index in [9.17, 15) is 0 Å². The van der Waals surface area contributed by atoms with Crippen LogP contribution in [0.1, 0.15) is 117 Å². The summed E-state index contributed by atoms with van der Waals surface area (Å²) in [5, 5.41) is 42.0. The fraction of sp³-hybridized carbons (Fsp3) is 0.386. The van der Waals surface area contributed by atoms with Crippen molar-refractivity contribution in [3.8, 4) is 57.2 Å². The van der Waals surface area contributed by atoms with Gasteiger partial charge >= 0.3 is 14.2 Å².